The lowest BCUT2D eigenvalue weighted by Gasteiger charge is -2.24. The van der Waals surface area contributed by atoms with Crippen molar-refractivity contribution in [2.75, 3.05) is 0 Å². The molecule has 1 aliphatic heterocycles. The van der Waals surface area contributed by atoms with Crippen molar-refractivity contribution in [3.8, 4) is 5.75 Å². The fourth-order valence-electron chi connectivity index (χ4n) is 3.97. The van der Waals surface area contributed by atoms with Crippen LogP contribution in [0.5, 0.6) is 5.75 Å². The van der Waals surface area contributed by atoms with Crippen molar-refractivity contribution in [2.24, 2.45) is 0 Å². The maximum Gasteiger partial charge on any atom is 0.416 e. The van der Waals surface area contributed by atoms with E-state index in [0.717, 1.165) is 12.1 Å². The number of aliphatic hydroxyl groups is 1. The average molecular weight is 502 g/mol. The molecule has 5 nitrogen and oxygen atoms in total. The Morgan fingerprint density at radius 3 is 2.49 bits per heavy atom. The van der Waals surface area contributed by atoms with E-state index in [0.29, 0.717) is 16.2 Å². The number of hydrogen-bond acceptors (Lipinski definition) is 5. The van der Waals surface area contributed by atoms with Crippen LogP contribution in [0.25, 0.3) is 5.76 Å². The van der Waals surface area contributed by atoms with Gasteiger partial charge in [-0.05, 0) is 55.1 Å². The number of Topliss-reactive ketones (excluding diaryl/α,β-unsaturated/α-hetero) is 1. The van der Waals surface area contributed by atoms with Crippen LogP contribution < -0.4 is 4.74 Å². The van der Waals surface area contributed by atoms with Gasteiger partial charge in [0.25, 0.3) is 11.7 Å². The van der Waals surface area contributed by atoms with Gasteiger partial charge in [0.05, 0.1) is 23.3 Å². The number of amides is 1. The number of hydrogen-bond donors (Lipinski definition) is 1. The second-order valence-electron chi connectivity index (χ2n) is 8.33. The van der Waals surface area contributed by atoms with Gasteiger partial charge in [0.15, 0.2) is 0 Å². The van der Waals surface area contributed by atoms with Crippen molar-refractivity contribution >= 4 is 28.8 Å². The Labute approximate surface area is 204 Å². The van der Waals surface area contributed by atoms with Crippen LogP contribution in [0.4, 0.5) is 13.2 Å². The van der Waals surface area contributed by atoms with E-state index in [1.807, 2.05) is 13.8 Å². The first-order valence-corrected chi connectivity index (χ1v) is 11.7. The minimum Gasteiger partial charge on any atom is -0.507 e. The van der Waals surface area contributed by atoms with E-state index in [1.54, 1.807) is 41.8 Å². The lowest BCUT2D eigenvalue weighted by molar-refractivity contribution is -0.140. The minimum absolute atomic E-state index is 0.114. The number of nitrogens with zero attached hydrogens (tertiary/aromatic N) is 1. The molecule has 35 heavy (non-hydrogen) atoms. The number of likely N-dealkylation sites (tertiary alicyclic amines) is 1. The Balaban J connectivity index is 1.78. The van der Waals surface area contributed by atoms with Crippen molar-refractivity contribution in [1.29, 1.82) is 0 Å². The average Bonchev–Trinajstić information content (AvgIpc) is 3.41. The normalized spacial score (nSPS) is 17.9. The molecule has 1 saturated heterocycles. The van der Waals surface area contributed by atoms with Gasteiger partial charge in [0, 0.05) is 17.0 Å². The van der Waals surface area contributed by atoms with Crippen LogP contribution in [0.1, 0.15) is 41.5 Å². The Morgan fingerprint density at radius 1 is 1.09 bits per heavy atom. The van der Waals surface area contributed by atoms with Gasteiger partial charge in [0.2, 0.25) is 0 Å². The van der Waals surface area contributed by atoms with Crippen LogP contribution in [0.3, 0.4) is 0 Å². The monoisotopic (exact) mass is 501 g/mol. The third-order valence-electron chi connectivity index (χ3n) is 5.44. The second kappa shape index (κ2) is 9.58. The number of carbonyl (C=O) groups is 2. The van der Waals surface area contributed by atoms with E-state index in [1.165, 1.54) is 28.4 Å². The zero-order valence-electron chi connectivity index (χ0n) is 18.9. The molecule has 1 amide bonds. The highest BCUT2D eigenvalue weighted by molar-refractivity contribution is 7.10. The maximum absolute atomic E-state index is 13.2. The minimum atomic E-state index is -4.54. The predicted molar refractivity (Wildman–Crippen MR) is 126 cm³/mol. The van der Waals surface area contributed by atoms with Crippen molar-refractivity contribution in [3.05, 3.63) is 93.2 Å². The number of alkyl halides is 3. The van der Waals surface area contributed by atoms with Gasteiger partial charge in [-0.15, -0.1) is 11.3 Å². The topological polar surface area (TPSA) is 66.8 Å². The van der Waals surface area contributed by atoms with Gasteiger partial charge in [-0.25, -0.2) is 0 Å². The Bertz CT molecular complexity index is 1280. The highest BCUT2D eigenvalue weighted by Crippen LogP contribution is 2.42. The lowest BCUT2D eigenvalue weighted by Crippen LogP contribution is -2.29. The predicted octanol–water partition coefficient (Wildman–Crippen LogP) is 6.18. The molecule has 9 heteroatoms. The molecule has 3 aromatic rings. The van der Waals surface area contributed by atoms with Gasteiger partial charge >= 0.3 is 6.18 Å². The van der Waals surface area contributed by atoms with E-state index in [4.69, 9.17) is 4.74 Å². The molecule has 2 heterocycles. The van der Waals surface area contributed by atoms with E-state index in [2.05, 4.69) is 0 Å². The number of ether oxygens (including phenoxy) is 1. The second-order valence-corrected chi connectivity index (χ2v) is 9.31. The van der Waals surface area contributed by atoms with Gasteiger partial charge < -0.3 is 14.7 Å². The first-order valence-electron chi connectivity index (χ1n) is 10.8. The first kappa shape index (κ1) is 24.5. The van der Waals surface area contributed by atoms with Crippen molar-refractivity contribution in [2.45, 2.75) is 38.7 Å². The zero-order chi connectivity index (χ0) is 25.3. The van der Waals surface area contributed by atoms with Gasteiger partial charge in [-0.2, -0.15) is 13.2 Å². The van der Waals surface area contributed by atoms with Crippen molar-refractivity contribution in [1.82, 2.24) is 4.90 Å². The molecule has 182 valence electrons. The summed E-state index contributed by atoms with van der Waals surface area (Å²) in [4.78, 5) is 27.9. The molecular formula is C26H22F3NO4S. The summed E-state index contributed by atoms with van der Waals surface area (Å²) in [6.45, 7) is 3.47. The zero-order valence-corrected chi connectivity index (χ0v) is 19.7. The molecule has 0 radical (unpaired) electrons. The highest BCUT2D eigenvalue weighted by Gasteiger charge is 2.46. The fourth-order valence-corrected chi connectivity index (χ4v) is 4.82. The summed E-state index contributed by atoms with van der Waals surface area (Å²) >= 11 is 1.28. The molecule has 1 unspecified atom stereocenters. The molecule has 0 saturated carbocycles. The number of thiophene rings is 1. The lowest BCUT2D eigenvalue weighted by atomic mass is 9.99. The van der Waals surface area contributed by atoms with Crippen LogP contribution in [0.15, 0.2) is 71.6 Å². The molecule has 1 atom stereocenters. The summed E-state index contributed by atoms with van der Waals surface area (Å²) in [7, 11) is 0. The first-order chi connectivity index (χ1) is 16.6. The summed E-state index contributed by atoms with van der Waals surface area (Å²) < 4.78 is 45.3. The molecule has 1 fully saturated rings. The number of ketones is 1. The van der Waals surface area contributed by atoms with E-state index >= 15 is 0 Å². The van der Waals surface area contributed by atoms with Crippen LogP contribution in [-0.2, 0) is 22.3 Å². The summed E-state index contributed by atoms with van der Waals surface area (Å²) in [5.41, 5.74) is -0.454. The Morgan fingerprint density at radius 2 is 1.83 bits per heavy atom. The molecular weight excluding hydrogens is 479 g/mol. The van der Waals surface area contributed by atoms with Crippen molar-refractivity contribution in [3.63, 3.8) is 0 Å². The summed E-state index contributed by atoms with van der Waals surface area (Å²) in [5, 5.41) is 12.9. The Kier molecular flexibility index (Phi) is 6.71. The molecule has 1 N–H and O–H groups in total. The fraction of sp³-hybridized carbons (Fsp3) is 0.231. The summed E-state index contributed by atoms with van der Waals surface area (Å²) in [5.74, 6) is -1.68. The summed E-state index contributed by atoms with van der Waals surface area (Å²) in [6, 6.07) is 13.7. The molecule has 0 spiro atoms. The molecule has 0 aliphatic carbocycles. The highest BCUT2D eigenvalue weighted by atomic mass is 32.1. The number of benzene rings is 2. The number of halogens is 3. The third-order valence-corrected chi connectivity index (χ3v) is 6.36. The van der Waals surface area contributed by atoms with Crippen LogP contribution >= 0.6 is 11.3 Å². The van der Waals surface area contributed by atoms with Crippen LogP contribution in [-0.4, -0.2) is 27.8 Å². The van der Waals surface area contributed by atoms with Gasteiger partial charge in [-0.3, -0.25) is 9.59 Å². The van der Waals surface area contributed by atoms with Gasteiger partial charge in [0.1, 0.15) is 11.5 Å². The third kappa shape index (κ3) is 5.09. The Hall–Kier alpha value is -3.59. The molecule has 0 bridgehead atoms. The molecule has 2 aromatic carbocycles. The summed E-state index contributed by atoms with van der Waals surface area (Å²) in [6.07, 6.45) is -4.66. The number of rotatable bonds is 6. The maximum atomic E-state index is 13.2. The molecule has 1 aromatic heterocycles. The largest absolute Gasteiger partial charge is 0.507 e. The van der Waals surface area contributed by atoms with Crippen LogP contribution in [0, 0.1) is 0 Å². The van der Waals surface area contributed by atoms with E-state index in [-0.39, 0.29) is 29.5 Å². The SMILES string of the molecule is CC(C)Oc1cccc(/C(O)=C2/C(=O)C(=O)N(Cc3cccc(C(F)(F)F)c3)C2c2cccs2)c1. The quantitative estimate of drug-likeness (QED) is 0.249. The van der Waals surface area contributed by atoms with Crippen LogP contribution in [0.2, 0.25) is 0 Å². The number of aliphatic hydroxyl groups excluding tert-OH is 1. The van der Waals surface area contributed by atoms with E-state index in [9.17, 15) is 27.9 Å². The van der Waals surface area contributed by atoms with Gasteiger partial charge in [-0.1, -0.05) is 30.3 Å². The number of carbonyl (C=O) groups excluding carboxylic acids is 2. The molecule has 4 rings (SSSR count). The smallest absolute Gasteiger partial charge is 0.416 e. The van der Waals surface area contributed by atoms with Crippen molar-refractivity contribution < 1.29 is 32.6 Å². The molecule has 1 aliphatic rings. The van der Waals surface area contributed by atoms with E-state index < -0.39 is 29.5 Å². The standard InChI is InChI=1S/C26H22F3NO4S/c1-15(2)34-19-9-4-7-17(13-19)23(31)21-22(20-10-5-11-35-20)30(25(33)24(21)32)14-16-6-3-8-18(12-16)26(27,28)29/h3-13,15,22,31H,14H2,1-2H3/b23-21-.